The van der Waals surface area contributed by atoms with Gasteiger partial charge < -0.3 is 15.4 Å². The van der Waals surface area contributed by atoms with Crippen LogP contribution in [0, 0.1) is 0 Å². The Morgan fingerprint density at radius 2 is 1.90 bits per heavy atom. The van der Waals surface area contributed by atoms with E-state index < -0.39 is 9.84 Å². The van der Waals surface area contributed by atoms with Crippen molar-refractivity contribution in [3.8, 4) is 0 Å². The Morgan fingerprint density at radius 3 is 2.45 bits per heavy atom. The molecule has 166 valence electrons. The van der Waals surface area contributed by atoms with Gasteiger partial charge >= 0.3 is 0 Å². The molecule has 0 saturated carbocycles. The first-order chi connectivity index (χ1) is 13.3. The van der Waals surface area contributed by atoms with Crippen molar-refractivity contribution in [2.45, 2.75) is 25.4 Å². The van der Waals surface area contributed by atoms with Gasteiger partial charge in [-0.1, -0.05) is 23.7 Å². The van der Waals surface area contributed by atoms with Crippen molar-refractivity contribution in [1.82, 2.24) is 15.5 Å². The molecule has 1 fully saturated rings. The van der Waals surface area contributed by atoms with Crippen LogP contribution in [0.15, 0.2) is 29.3 Å². The highest BCUT2D eigenvalue weighted by Gasteiger charge is 2.23. The van der Waals surface area contributed by atoms with E-state index in [9.17, 15) is 8.42 Å². The summed E-state index contributed by atoms with van der Waals surface area (Å²) in [4.78, 5) is 6.67. The molecule has 2 N–H and O–H groups in total. The molecule has 1 aliphatic heterocycles. The molecule has 2 unspecified atom stereocenters. The number of nitrogens with one attached hydrogen (secondary N) is 2. The molecule has 0 radical (unpaired) electrons. The smallest absolute Gasteiger partial charge is 0.191 e. The topological polar surface area (TPSA) is 83.0 Å². The second-order valence-electron chi connectivity index (χ2n) is 7.13. The fraction of sp³-hybridized carbons (Fsp3) is 0.632. The molecule has 0 amide bonds. The lowest BCUT2D eigenvalue weighted by molar-refractivity contribution is 0.0170. The molecular weight excluding hydrogens is 527 g/mol. The number of morpholine rings is 1. The predicted octanol–water partition coefficient (Wildman–Crippen LogP) is 2.32. The maximum absolute atomic E-state index is 11.4. The fourth-order valence-corrected chi connectivity index (χ4v) is 4.02. The van der Waals surface area contributed by atoms with Gasteiger partial charge in [0.25, 0.3) is 0 Å². The van der Waals surface area contributed by atoms with Crippen LogP contribution in [0.1, 0.15) is 24.9 Å². The summed E-state index contributed by atoms with van der Waals surface area (Å²) in [6.07, 6.45) is 1.79. The summed E-state index contributed by atoms with van der Waals surface area (Å²) in [5, 5.41) is 7.37. The van der Waals surface area contributed by atoms with Crippen molar-refractivity contribution in [3.05, 3.63) is 34.9 Å². The van der Waals surface area contributed by atoms with Gasteiger partial charge in [-0.2, -0.15) is 0 Å². The summed E-state index contributed by atoms with van der Waals surface area (Å²) in [7, 11) is -1.26. The quantitative estimate of drug-likeness (QED) is 0.290. The van der Waals surface area contributed by atoms with Crippen LogP contribution in [-0.4, -0.2) is 77.2 Å². The normalized spacial score (nSPS) is 17.9. The minimum absolute atomic E-state index is 0. The number of guanidine groups is 1. The molecule has 0 aromatic heterocycles. The Hall–Kier alpha value is -0.620. The van der Waals surface area contributed by atoms with Crippen molar-refractivity contribution < 1.29 is 13.2 Å². The van der Waals surface area contributed by atoms with E-state index in [0.29, 0.717) is 18.9 Å². The maximum Gasteiger partial charge on any atom is 0.191 e. The summed E-state index contributed by atoms with van der Waals surface area (Å²) in [5.74, 6) is 0.813. The van der Waals surface area contributed by atoms with Crippen LogP contribution >= 0.6 is 35.6 Å². The van der Waals surface area contributed by atoms with Gasteiger partial charge in [0.1, 0.15) is 9.84 Å². The van der Waals surface area contributed by atoms with Gasteiger partial charge in [-0.05, 0) is 31.0 Å². The Labute approximate surface area is 196 Å². The largest absolute Gasteiger partial charge is 0.379 e. The molecule has 29 heavy (non-hydrogen) atoms. The Bertz CT molecular complexity index is 740. The third-order valence-corrected chi connectivity index (χ3v) is 5.96. The number of ether oxygens (including phenoxy) is 1. The zero-order valence-electron chi connectivity index (χ0n) is 17.2. The number of hydrogen-bond donors (Lipinski definition) is 2. The van der Waals surface area contributed by atoms with E-state index in [4.69, 9.17) is 16.3 Å². The molecular formula is C19H32ClIN4O3S. The van der Waals surface area contributed by atoms with Crippen LogP contribution in [0.25, 0.3) is 0 Å². The molecule has 1 saturated heterocycles. The predicted molar refractivity (Wildman–Crippen MR) is 130 cm³/mol. The average Bonchev–Trinajstić information content (AvgIpc) is 2.67. The molecule has 0 spiro atoms. The number of hydrogen-bond acceptors (Lipinski definition) is 5. The number of halogens is 2. The van der Waals surface area contributed by atoms with E-state index in [-0.39, 0.29) is 41.8 Å². The van der Waals surface area contributed by atoms with Crippen molar-refractivity contribution >= 4 is 51.4 Å². The van der Waals surface area contributed by atoms with Crippen molar-refractivity contribution in [3.63, 3.8) is 0 Å². The van der Waals surface area contributed by atoms with Gasteiger partial charge in [-0.15, -0.1) is 24.0 Å². The van der Waals surface area contributed by atoms with Gasteiger partial charge in [-0.3, -0.25) is 9.89 Å². The average molecular weight is 559 g/mol. The highest BCUT2D eigenvalue weighted by Crippen LogP contribution is 2.23. The van der Waals surface area contributed by atoms with Gasteiger partial charge in [0.2, 0.25) is 0 Å². The van der Waals surface area contributed by atoms with E-state index in [1.807, 2.05) is 19.1 Å². The molecule has 2 atom stereocenters. The highest BCUT2D eigenvalue weighted by molar-refractivity contribution is 14.0. The fourth-order valence-electron chi connectivity index (χ4n) is 3.12. The van der Waals surface area contributed by atoms with E-state index in [1.165, 1.54) is 11.8 Å². The van der Waals surface area contributed by atoms with Crippen LogP contribution < -0.4 is 10.6 Å². The molecule has 0 bridgehead atoms. The zero-order valence-corrected chi connectivity index (χ0v) is 21.1. The number of nitrogens with zero attached hydrogens (tertiary/aromatic N) is 2. The van der Waals surface area contributed by atoms with Crippen LogP contribution in [0.5, 0.6) is 0 Å². The number of aliphatic imine (C=N–C) groups is 1. The molecule has 1 heterocycles. The van der Waals surface area contributed by atoms with Crippen molar-refractivity contribution in [2.24, 2.45) is 4.99 Å². The standard InChI is InChI=1S/C19H31ClN4O3S.HI/c1-15(8-13-28(3,25)26)23-19(21-2)22-14-18(24-9-11-27-12-10-24)16-4-6-17(20)7-5-16;/h4-7,15,18H,8-14H2,1-3H3,(H2,21,22,23);1H. The molecule has 7 nitrogen and oxygen atoms in total. The Kier molecular flexibility index (Phi) is 11.8. The molecule has 2 rings (SSSR count). The summed E-state index contributed by atoms with van der Waals surface area (Å²) >= 11 is 6.05. The Morgan fingerprint density at radius 1 is 1.28 bits per heavy atom. The first-order valence-electron chi connectivity index (χ1n) is 9.50. The van der Waals surface area contributed by atoms with Crippen LogP contribution in [0.3, 0.4) is 0 Å². The number of rotatable bonds is 8. The second-order valence-corrected chi connectivity index (χ2v) is 9.83. The Balaban J connectivity index is 0.00000420. The summed E-state index contributed by atoms with van der Waals surface area (Å²) < 4.78 is 28.2. The van der Waals surface area contributed by atoms with Gasteiger partial charge in [0.05, 0.1) is 25.0 Å². The SMILES string of the molecule is CN=C(NCC(c1ccc(Cl)cc1)N1CCOCC1)NC(C)CCS(C)(=O)=O.I. The minimum atomic E-state index is -2.97. The summed E-state index contributed by atoms with van der Waals surface area (Å²) in [6.45, 7) is 5.80. The highest BCUT2D eigenvalue weighted by atomic mass is 127. The molecule has 1 aliphatic rings. The summed E-state index contributed by atoms with van der Waals surface area (Å²) in [6, 6.07) is 8.07. The number of sulfone groups is 1. The zero-order chi connectivity index (χ0) is 20.6. The van der Waals surface area contributed by atoms with Gasteiger partial charge in [-0.25, -0.2) is 8.42 Å². The lowest BCUT2D eigenvalue weighted by Crippen LogP contribution is -2.48. The molecule has 1 aromatic carbocycles. The van der Waals surface area contributed by atoms with Crippen LogP contribution in [-0.2, 0) is 14.6 Å². The first-order valence-corrected chi connectivity index (χ1v) is 11.9. The number of benzene rings is 1. The lowest BCUT2D eigenvalue weighted by atomic mass is 10.0. The van der Waals surface area contributed by atoms with E-state index >= 15 is 0 Å². The van der Waals surface area contributed by atoms with Crippen molar-refractivity contribution in [1.29, 1.82) is 0 Å². The van der Waals surface area contributed by atoms with E-state index in [0.717, 1.165) is 31.3 Å². The second kappa shape index (κ2) is 12.9. The van der Waals surface area contributed by atoms with Crippen LogP contribution in [0.2, 0.25) is 5.02 Å². The third-order valence-electron chi connectivity index (χ3n) is 4.73. The van der Waals surface area contributed by atoms with E-state index in [1.54, 1.807) is 7.05 Å². The molecule has 10 heteroatoms. The van der Waals surface area contributed by atoms with Crippen LogP contribution in [0.4, 0.5) is 0 Å². The lowest BCUT2D eigenvalue weighted by Gasteiger charge is -2.35. The third kappa shape index (κ3) is 9.82. The minimum Gasteiger partial charge on any atom is -0.379 e. The van der Waals surface area contributed by atoms with E-state index in [2.05, 4.69) is 32.7 Å². The van der Waals surface area contributed by atoms with Crippen molar-refractivity contribution in [2.75, 3.05) is 51.9 Å². The maximum atomic E-state index is 11.4. The summed E-state index contributed by atoms with van der Waals surface area (Å²) in [5.41, 5.74) is 1.18. The van der Waals surface area contributed by atoms with Gasteiger partial charge in [0, 0.05) is 44.0 Å². The molecule has 1 aromatic rings. The first kappa shape index (κ1) is 26.4. The monoisotopic (exact) mass is 558 g/mol. The molecule has 0 aliphatic carbocycles. The van der Waals surface area contributed by atoms with Gasteiger partial charge in [0.15, 0.2) is 5.96 Å².